The lowest BCUT2D eigenvalue weighted by Crippen LogP contribution is -2.45. The molecule has 2 aromatic carbocycles. The first-order valence-electron chi connectivity index (χ1n) is 13.4. The molecule has 1 atom stereocenters. The second-order valence-electron chi connectivity index (χ2n) is 10.4. The van der Waals surface area contributed by atoms with Crippen molar-refractivity contribution in [3.8, 4) is 17.1 Å². The summed E-state index contributed by atoms with van der Waals surface area (Å²) in [5.41, 5.74) is 3.56. The van der Waals surface area contributed by atoms with Crippen LogP contribution in [0.2, 0.25) is 0 Å². The number of piperidine rings is 2. The number of aromatic nitrogens is 2. The highest BCUT2D eigenvalue weighted by Gasteiger charge is 2.29. The van der Waals surface area contributed by atoms with E-state index in [1.165, 1.54) is 11.1 Å². The summed E-state index contributed by atoms with van der Waals surface area (Å²) in [7, 11) is 1.64. The zero-order valence-corrected chi connectivity index (χ0v) is 21.9. The van der Waals surface area contributed by atoms with E-state index < -0.39 is 0 Å². The number of benzene rings is 2. The Bertz CT molecular complexity index is 1170. The molecular weight excluding hydrogens is 466 g/mol. The van der Waals surface area contributed by atoms with Crippen molar-refractivity contribution in [2.24, 2.45) is 11.8 Å². The first-order chi connectivity index (χ1) is 18.1. The van der Waals surface area contributed by atoms with Gasteiger partial charge in [-0.25, -0.2) is 0 Å². The van der Waals surface area contributed by atoms with Gasteiger partial charge in [0, 0.05) is 31.7 Å². The van der Waals surface area contributed by atoms with E-state index in [0.717, 1.165) is 69.7 Å². The number of methoxy groups -OCH3 is 1. The molecule has 0 saturated carbocycles. The molecule has 2 saturated heterocycles. The smallest absolute Gasteiger partial charge is 0.324 e. The average Bonchev–Trinajstić information content (AvgIpc) is 3.43. The lowest BCUT2D eigenvalue weighted by atomic mass is 9.94. The maximum absolute atomic E-state index is 13.0. The fourth-order valence-electron chi connectivity index (χ4n) is 5.37. The minimum Gasteiger partial charge on any atom is -0.497 e. The molecule has 0 spiro atoms. The first-order valence-corrected chi connectivity index (χ1v) is 13.4. The first kappa shape index (κ1) is 25.3. The van der Waals surface area contributed by atoms with Crippen LogP contribution in [-0.2, 0) is 11.3 Å². The van der Waals surface area contributed by atoms with Crippen molar-refractivity contribution in [1.29, 1.82) is 0 Å². The normalized spacial score (nSPS) is 19.1. The quantitative estimate of drug-likeness (QED) is 0.491. The standard InChI is InChI=1S/C29H37N5O3/c1-21-5-3-6-23(17-21)19-33-15-12-22(13-16-33)18-30-28(35)25-7-4-14-34(20-25)29-31-27(32-37-29)24-8-10-26(36-2)11-9-24/h3,5-6,8-11,17,22,25H,4,7,12-16,18-20H2,1-2H3,(H,30,35)/t25-/m1/s1. The molecule has 2 aliphatic heterocycles. The predicted molar refractivity (Wildman–Crippen MR) is 143 cm³/mol. The average molecular weight is 504 g/mol. The van der Waals surface area contributed by atoms with E-state index in [0.29, 0.717) is 24.3 Å². The third-order valence-electron chi connectivity index (χ3n) is 7.59. The molecule has 196 valence electrons. The molecule has 37 heavy (non-hydrogen) atoms. The van der Waals surface area contributed by atoms with Crippen LogP contribution in [0.15, 0.2) is 53.1 Å². The molecule has 8 heteroatoms. The Kier molecular flexibility index (Phi) is 8.04. The summed E-state index contributed by atoms with van der Waals surface area (Å²) in [6.07, 6.45) is 4.06. The molecule has 8 nitrogen and oxygen atoms in total. The Labute approximate surface area is 219 Å². The SMILES string of the molecule is COc1ccc(-c2noc(N3CCC[C@@H](C(=O)NCC4CCN(Cc5cccc(C)c5)CC4)C3)n2)cc1. The Hall–Kier alpha value is -3.39. The van der Waals surface area contributed by atoms with Crippen LogP contribution in [-0.4, -0.2) is 60.8 Å². The summed E-state index contributed by atoms with van der Waals surface area (Å²) < 4.78 is 10.8. The van der Waals surface area contributed by atoms with Gasteiger partial charge in [-0.05, 0) is 81.4 Å². The molecule has 0 unspecified atom stereocenters. The third-order valence-corrected chi connectivity index (χ3v) is 7.59. The summed E-state index contributed by atoms with van der Waals surface area (Å²) in [5, 5.41) is 7.39. The number of carbonyl (C=O) groups is 1. The van der Waals surface area contributed by atoms with E-state index >= 15 is 0 Å². The van der Waals surface area contributed by atoms with Gasteiger partial charge in [-0.1, -0.05) is 35.0 Å². The van der Waals surface area contributed by atoms with E-state index in [-0.39, 0.29) is 11.8 Å². The number of anilines is 1. The number of carbonyl (C=O) groups excluding carboxylic acids is 1. The number of hydrogen-bond donors (Lipinski definition) is 1. The Morgan fingerprint density at radius 3 is 2.68 bits per heavy atom. The second-order valence-corrected chi connectivity index (χ2v) is 10.4. The molecule has 1 amide bonds. The molecule has 2 aliphatic rings. The lowest BCUT2D eigenvalue weighted by molar-refractivity contribution is -0.125. The van der Waals surface area contributed by atoms with Crippen molar-refractivity contribution in [3.05, 3.63) is 59.7 Å². The molecule has 3 heterocycles. The van der Waals surface area contributed by atoms with Gasteiger partial charge in [0.15, 0.2) is 0 Å². The number of amides is 1. The fraction of sp³-hybridized carbons (Fsp3) is 0.483. The predicted octanol–water partition coefficient (Wildman–Crippen LogP) is 4.30. The largest absolute Gasteiger partial charge is 0.497 e. The van der Waals surface area contributed by atoms with Crippen LogP contribution in [0.4, 0.5) is 6.01 Å². The zero-order valence-electron chi connectivity index (χ0n) is 21.9. The molecule has 0 radical (unpaired) electrons. The van der Waals surface area contributed by atoms with Gasteiger partial charge in [0.2, 0.25) is 11.7 Å². The topological polar surface area (TPSA) is 83.7 Å². The second kappa shape index (κ2) is 11.8. The molecule has 0 aliphatic carbocycles. The molecule has 0 bridgehead atoms. The monoisotopic (exact) mass is 503 g/mol. The van der Waals surface area contributed by atoms with E-state index in [1.807, 2.05) is 29.2 Å². The van der Waals surface area contributed by atoms with Crippen LogP contribution in [0.1, 0.15) is 36.8 Å². The number of hydrogen-bond acceptors (Lipinski definition) is 7. The van der Waals surface area contributed by atoms with Crippen molar-refractivity contribution in [2.45, 2.75) is 39.2 Å². The lowest BCUT2D eigenvalue weighted by Gasteiger charge is -2.33. The molecule has 3 aromatic rings. The van der Waals surface area contributed by atoms with E-state index in [2.05, 4.69) is 51.5 Å². The van der Waals surface area contributed by atoms with Gasteiger partial charge in [-0.2, -0.15) is 4.98 Å². The third kappa shape index (κ3) is 6.49. The number of nitrogens with zero attached hydrogens (tertiary/aromatic N) is 4. The number of rotatable bonds is 8. The number of aryl methyl sites for hydroxylation is 1. The minimum atomic E-state index is -0.0634. The van der Waals surface area contributed by atoms with Crippen LogP contribution in [0, 0.1) is 18.8 Å². The molecule has 1 N–H and O–H groups in total. The highest BCUT2D eigenvalue weighted by molar-refractivity contribution is 5.79. The zero-order chi connectivity index (χ0) is 25.6. The van der Waals surface area contributed by atoms with Gasteiger partial charge in [-0.3, -0.25) is 9.69 Å². The Balaban J connectivity index is 1.08. The molecule has 1 aromatic heterocycles. The van der Waals surface area contributed by atoms with Gasteiger partial charge >= 0.3 is 6.01 Å². The summed E-state index contributed by atoms with van der Waals surface area (Å²) in [5.74, 6) is 1.94. The Morgan fingerprint density at radius 2 is 1.92 bits per heavy atom. The summed E-state index contributed by atoms with van der Waals surface area (Å²) in [6.45, 7) is 7.49. The fourth-order valence-corrected chi connectivity index (χ4v) is 5.37. The number of likely N-dealkylation sites (tertiary alicyclic amines) is 1. The highest BCUT2D eigenvalue weighted by atomic mass is 16.5. The molecule has 5 rings (SSSR count). The summed E-state index contributed by atoms with van der Waals surface area (Å²) >= 11 is 0. The summed E-state index contributed by atoms with van der Waals surface area (Å²) in [4.78, 5) is 22.2. The molecular formula is C29H37N5O3. The van der Waals surface area contributed by atoms with Crippen LogP contribution in [0.25, 0.3) is 11.4 Å². The van der Waals surface area contributed by atoms with E-state index in [4.69, 9.17) is 9.26 Å². The van der Waals surface area contributed by atoms with Crippen molar-refractivity contribution >= 4 is 11.9 Å². The van der Waals surface area contributed by atoms with Gasteiger partial charge in [0.25, 0.3) is 0 Å². The van der Waals surface area contributed by atoms with Crippen LogP contribution < -0.4 is 15.0 Å². The van der Waals surface area contributed by atoms with E-state index in [9.17, 15) is 4.79 Å². The maximum atomic E-state index is 13.0. The van der Waals surface area contributed by atoms with Crippen molar-refractivity contribution in [1.82, 2.24) is 20.4 Å². The van der Waals surface area contributed by atoms with Crippen molar-refractivity contribution in [3.63, 3.8) is 0 Å². The number of ether oxygens (including phenoxy) is 1. The maximum Gasteiger partial charge on any atom is 0.324 e. The van der Waals surface area contributed by atoms with Crippen LogP contribution >= 0.6 is 0 Å². The van der Waals surface area contributed by atoms with Gasteiger partial charge in [0.05, 0.1) is 13.0 Å². The molecule has 2 fully saturated rings. The van der Waals surface area contributed by atoms with E-state index in [1.54, 1.807) is 7.11 Å². The van der Waals surface area contributed by atoms with Gasteiger partial charge in [0.1, 0.15) is 5.75 Å². The van der Waals surface area contributed by atoms with Crippen LogP contribution in [0.3, 0.4) is 0 Å². The highest BCUT2D eigenvalue weighted by Crippen LogP contribution is 2.26. The van der Waals surface area contributed by atoms with Crippen molar-refractivity contribution < 1.29 is 14.1 Å². The van der Waals surface area contributed by atoms with Crippen molar-refractivity contribution in [2.75, 3.05) is 44.7 Å². The minimum absolute atomic E-state index is 0.0634. The van der Waals surface area contributed by atoms with Gasteiger partial charge < -0.3 is 19.5 Å². The summed E-state index contributed by atoms with van der Waals surface area (Å²) in [6, 6.07) is 16.8. The Morgan fingerprint density at radius 1 is 1.11 bits per heavy atom. The number of nitrogens with one attached hydrogen (secondary N) is 1. The van der Waals surface area contributed by atoms with Crippen LogP contribution in [0.5, 0.6) is 5.75 Å². The van der Waals surface area contributed by atoms with Gasteiger partial charge in [-0.15, -0.1) is 0 Å².